The van der Waals surface area contributed by atoms with Gasteiger partial charge in [0.05, 0.1) is 7.11 Å². The van der Waals surface area contributed by atoms with Crippen molar-refractivity contribution in [2.75, 3.05) is 26.8 Å². The minimum absolute atomic E-state index is 0.0155. The first-order valence-corrected chi connectivity index (χ1v) is 9.36. The molecule has 1 atom stereocenters. The van der Waals surface area contributed by atoms with Gasteiger partial charge in [-0.2, -0.15) is 0 Å². The number of benzene rings is 2. The van der Waals surface area contributed by atoms with Crippen molar-refractivity contribution in [3.8, 4) is 11.5 Å². The van der Waals surface area contributed by atoms with E-state index in [4.69, 9.17) is 9.47 Å². The first kappa shape index (κ1) is 17.5. The maximum atomic E-state index is 12.7. The minimum Gasteiger partial charge on any atom is -0.493 e. The molecule has 27 heavy (non-hydrogen) atoms. The van der Waals surface area contributed by atoms with Crippen LogP contribution in [0, 0.1) is 0 Å². The molecular weight excluding hydrogens is 340 g/mol. The second kappa shape index (κ2) is 7.74. The van der Waals surface area contributed by atoms with Crippen LogP contribution in [0.3, 0.4) is 0 Å². The van der Waals surface area contributed by atoms with Crippen LogP contribution < -0.4 is 9.47 Å². The summed E-state index contributed by atoms with van der Waals surface area (Å²) in [6, 6.07) is 17.9. The van der Waals surface area contributed by atoms with Gasteiger partial charge in [0, 0.05) is 30.2 Å². The molecule has 5 nitrogen and oxygen atoms in total. The van der Waals surface area contributed by atoms with Crippen molar-refractivity contribution in [3.05, 3.63) is 60.3 Å². The van der Waals surface area contributed by atoms with E-state index >= 15 is 0 Å². The average Bonchev–Trinajstić information content (AvgIpc) is 3.16. The van der Waals surface area contributed by atoms with Crippen LogP contribution in [-0.2, 0) is 4.79 Å². The van der Waals surface area contributed by atoms with Gasteiger partial charge >= 0.3 is 0 Å². The lowest BCUT2D eigenvalue weighted by Gasteiger charge is -2.32. The normalized spacial score (nSPS) is 17.1. The molecule has 1 amide bonds. The van der Waals surface area contributed by atoms with Crippen LogP contribution in [0.15, 0.2) is 54.6 Å². The van der Waals surface area contributed by atoms with Crippen LogP contribution in [0.2, 0.25) is 0 Å². The molecule has 140 valence electrons. The second-order valence-corrected chi connectivity index (χ2v) is 6.93. The number of fused-ring (bicyclic) bond motifs is 1. The number of ether oxygens (including phenoxy) is 2. The summed E-state index contributed by atoms with van der Waals surface area (Å²) in [6.45, 7) is 1.53. The number of nitrogens with one attached hydrogen (secondary N) is 1. The van der Waals surface area contributed by atoms with Gasteiger partial charge in [0.25, 0.3) is 5.91 Å². The molecule has 1 N–H and O–H groups in total. The fraction of sp³-hybridized carbons (Fsp3) is 0.318. The molecule has 1 aliphatic heterocycles. The topological polar surface area (TPSA) is 54.6 Å². The van der Waals surface area contributed by atoms with Crippen molar-refractivity contribution >= 4 is 16.8 Å². The lowest BCUT2D eigenvalue weighted by molar-refractivity contribution is -0.134. The molecule has 0 bridgehead atoms. The highest BCUT2D eigenvalue weighted by Gasteiger charge is 2.26. The fourth-order valence-electron chi connectivity index (χ4n) is 3.74. The van der Waals surface area contributed by atoms with Crippen LogP contribution in [0.25, 0.3) is 10.9 Å². The zero-order valence-corrected chi connectivity index (χ0v) is 15.5. The van der Waals surface area contributed by atoms with Crippen molar-refractivity contribution in [2.45, 2.75) is 18.8 Å². The quantitative estimate of drug-likeness (QED) is 0.745. The van der Waals surface area contributed by atoms with Gasteiger partial charge in [-0.05, 0) is 42.5 Å². The van der Waals surface area contributed by atoms with Crippen LogP contribution >= 0.6 is 0 Å². The summed E-state index contributed by atoms with van der Waals surface area (Å²) in [5, 5.41) is 1.22. The molecule has 1 saturated heterocycles. The summed E-state index contributed by atoms with van der Waals surface area (Å²) < 4.78 is 11.0. The van der Waals surface area contributed by atoms with E-state index in [0.717, 1.165) is 31.4 Å². The van der Waals surface area contributed by atoms with Gasteiger partial charge in [-0.1, -0.05) is 30.3 Å². The van der Waals surface area contributed by atoms with Crippen LogP contribution in [0.5, 0.6) is 11.5 Å². The van der Waals surface area contributed by atoms with Crippen LogP contribution in [-0.4, -0.2) is 42.6 Å². The third kappa shape index (κ3) is 3.77. The largest absolute Gasteiger partial charge is 0.493 e. The Bertz CT molecular complexity index is 901. The molecule has 1 fully saturated rings. The standard InChI is InChI=1S/C22H24N2O3/c1-26-20-10-4-5-11-21(20)27-15-22(25)24-12-6-8-17(14-24)19-13-16-7-2-3-9-18(16)23-19/h2-5,7,9-11,13,17,23H,6,8,12,14-15H2,1H3. The van der Waals surface area contributed by atoms with Gasteiger partial charge in [-0.3, -0.25) is 4.79 Å². The Morgan fingerprint density at radius 2 is 1.93 bits per heavy atom. The first-order chi connectivity index (χ1) is 13.2. The predicted molar refractivity (Wildman–Crippen MR) is 105 cm³/mol. The lowest BCUT2D eigenvalue weighted by Crippen LogP contribution is -2.41. The van der Waals surface area contributed by atoms with E-state index in [0.29, 0.717) is 17.4 Å². The van der Waals surface area contributed by atoms with E-state index in [2.05, 4.69) is 23.2 Å². The molecule has 1 aromatic heterocycles. The molecule has 3 aromatic rings. The average molecular weight is 364 g/mol. The Morgan fingerprint density at radius 3 is 2.74 bits per heavy atom. The number of H-pyrrole nitrogens is 1. The predicted octanol–water partition coefficient (Wildman–Crippen LogP) is 3.96. The van der Waals surface area contributed by atoms with Gasteiger partial charge in [-0.15, -0.1) is 0 Å². The minimum atomic E-state index is 0.0155. The summed E-state index contributed by atoms with van der Waals surface area (Å²) in [5.41, 5.74) is 2.36. The van der Waals surface area contributed by atoms with Crippen molar-refractivity contribution in [1.29, 1.82) is 0 Å². The number of carbonyl (C=O) groups excluding carboxylic acids is 1. The maximum absolute atomic E-state index is 12.7. The lowest BCUT2D eigenvalue weighted by atomic mass is 9.94. The van der Waals surface area contributed by atoms with E-state index in [9.17, 15) is 4.79 Å². The monoisotopic (exact) mass is 364 g/mol. The van der Waals surface area contributed by atoms with Gasteiger partial charge in [0.1, 0.15) is 0 Å². The number of hydrogen-bond donors (Lipinski definition) is 1. The van der Waals surface area contributed by atoms with E-state index in [1.807, 2.05) is 41.3 Å². The Morgan fingerprint density at radius 1 is 1.15 bits per heavy atom. The van der Waals surface area contributed by atoms with E-state index < -0.39 is 0 Å². The third-order valence-electron chi connectivity index (χ3n) is 5.18. The summed E-state index contributed by atoms with van der Waals surface area (Å²) in [5.74, 6) is 1.58. The molecule has 0 saturated carbocycles. The number of hydrogen-bond acceptors (Lipinski definition) is 3. The summed E-state index contributed by atoms with van der Waals surface area (Å²) in [7, 11) is 1.60. The molecule has 0 radical (unpaired) electrons. The summed E-state index contributed by atoms with van der Waals surface area (Å²) in [6.07, 6.45) is 2.09. The van der Waals surface area contributed by atoms with Crippen molar-refractivity contribution < 1.29 is 14.3 Å². The molecule has 0 aliphatic carbocycles. The number of carbonyl (C=O) groups is 1. The fourth-order valence-corrected chi connectivity index (χ4v) is 3.74. The van der Waals surface area contributed by atoms with E-state index in [1.165, 1.54) is 11.1 Å². The Hall–Kier alpha value is -2.95. The Balaban J connectivity index is 1.40. The smallest absolute Gasteiger partial charge is 0.260 e. The number of aromatic nitrogens is 1. The van der Waals surface area contributed by atoms with Gasteiger partial charge in [0.2, 0.25) is 0 Å². The van der Waals surface area contributed by atoms with E-state index in [1.54, 1.807) is 7.11 Å². The highest BCUT2D eigenvalue weighted by atomic mass is 16.5. The number of nitrogens with zero attached hydrogens (tertiary/aromatic N) is 1. The maximum Gasteiger partial charge on any atom is 0.260 e. The molecule has 1 aliphatic rings. The molecule has 4 rings (SSSR count). The third-order valence-corrected chi connectivity index (χ3v) is 5.18. The molecule has 5 heteroatoms. The van der Waals surface area contributed by atoms with Crippen molar-refractivity contribution in [3.63, 3.8) is 0 Å². The Kier molecular flexibility index (Phi) is 5.01. The van der Waals surface area contributed by atoms with Crippen molar-refractivity contribution in [1.82, 2.24) is 9.88 Å². The zero-order valence-electron chi connectivity index (χ0n) is 15.5. The number of amides is 1. The van der Waals surface area contributed by atoms with Gasteiger partial charge in [0.15, 0.2) is 18.1 Å². The summed E-state index contributed by atoms with van der Waals surface area (Å²) in [4.78, 5) is 18.1. The number of piperidine rings is 1. The highest BCUT2D eigenvalue weighted by molar-refractivity contribution is 5.81. The number of aromatic amines is 1. The number of likely N-dealkylation sites (tertiary alicyclic amines) is 1. The summed E-state index contributed by atoms with van der Waals surface area (Å²) >= 11 is 0. The molecular formula is C22H24N2O3. The van der Waals surface area contributed by atoms with Crippen LogP contribution in [0.1, 0.15) is 24.5 Å². The van der Waals surface area contributed by atoms with Gasteiger partial charge in [-0.25, -0.2) is 0 Å². The zero-order chi connectivity index (χ0) is 18.6. The number of rotatable bonds is 5. The highest BCUT2D eigenvalue weighted by Crippen LogP contribution is 2.29. The molecule has 1 unspecified atom stereocenters. The SMILES string of the molecule is COc1ccccc1OCC(=O)N1CCCC(c2cc3ccccc3[nH]2)C1. The van der Waals surface area contributed by atoms with Crippen molar-refractivity contribution in [2.24, 2.45) is 0 Å². The first-order valence-electron chi connectivity index (χ1n) is 9.36. The van der Waals surface area contributed by atoms with E-state index in [-0.39, 0.29) is 12.5 Å². The molecule has 2 aromatic carbocycles. The van der Waals surface area contributed by atoms with Gasteiger partial charge < -0.3 is 19.4 Å². The second-order valence-electron chi connectivity index (χ2n) is 6.93. The number of methoxy groups -OCH3 is 1. The Labute approximate surface area is 158 Å². The molecule has 0 spiro atoms. The molecule has 2 heterocycles. The number of para-hydroxylation sites is 3. The van der Waals surface area contributed by atoms with Crippen LogP contribution in [0.4, 0.5) is 0 Å².